The summed E-state index contributed by atoms with van der Waals surface area (Å²) in [5.74, 6) is 0.579. The number of nitrogens with two attached hydrogens (primary N) is 1. The largest absolute Gasteiger partial charge is 0.382 e. The van der Waals surface area contributed by atoms with Crippen molar-refractivity contribution in [2.24, 2.45) is 0 Å². The molecule has 3 nitrogen and oxygen atoms in total. The van der Waals surface area contributed by atoms with Gasteiger partial charge in [0.05, 0.1) is 5.69 Å². The normalized spacial score (nSPS) is 11.0. The lowest BCUT2D eigenvalue weighted by Crippen LogP contribution is -1.95. The molecule has 0 aliphatic heterocycles. The number of hydrogen-bond acceptors (Lipinski definition) is 2. The highest BCUT2D eigenvalue weighted by Gasteiger charge is 2.12. The van der Waals surface area contributed by atoms with Crippen molar-refractivity contribution in [1.29, 1.82) is 0 Å². The van der Waals surface area contributed by atoms with Crippen molar-refractivity contribution in [2.75, 3.05) is 5.73 Å². The minimum absolute atomic E-state index is 0.579. The summed E-state index contributed by atoms with van der Waals surface area (Å²) in [7, 11) is 0. The van der Waals surface area contributed by atoms with E-state index in [1.54, 1.807) is 0 Å². The van der Waals surface area contributed by atoms with Crippen LogP contribution in [0.5, 0.6) is 0 Å². The van der Waals surface area contributed by atoms with Gasteiger partial charge in [0.1, 0.15) is 5.65 Å². The third kappa shape index (κ3) is 1.56. The monoisotopic (exact) mass is 237 g/mol. The summed E-state index contributed by atoms with van der Waals surface area (Å²) in [6.07, 6.45) is 0. The third-order valence-corrected chi connectivity index (χ3v) is 3.16. The van der Waals surface area contributed by atoms with Crippen LogP contribution in [-0.4, -0.2) is 9.38 Å². The van der Waals surface area contributed by atoms with Gasteiger partial charge in [-0.25, -0.2) is 4.98 Å². The molecule has 18 heavy (non-hydrogen) atoms. The molecule has 3 heteroatoms. The molecule has 0 saturated heterocycles. The van der Waals surface area contributed by atoms with Crippen LogP contribution in [-0.2, 0) is 0 Å². The topological polar surface area (TPSA) is 43.3 Å². The Kier molecular flexibility index (Phi) is 2.33. The lowest BCUT2D eigenvalue weighted by Gasteiger charge is -2.06. The number of rotatable bonds is 1. The molecule has 1 aromatic carbocycles. The molecule has 2 heterocycles. The fraction of sp³-hybridized carbons (Fsp3) is 0.133. The molecule has 0 unspecified atom stereocenters. The minimum atomic E-state index is 0.579. The highest BCUT2D eigenvalue weighted by Crippen LogP contribution is 2.28. The number of imidazole rings is 1. The minimum Gasteiger partial charge on any atom is -0.382 e. The first-order valence-corrected chi connectivity index (χ1v) is 5.97. The highest BCUT2D eigenvalue weighted by molar-refractivity contribution is 5.76. The average molecular weight is 237 g/mol. The van der Waals surface area contributed by atoms with Crippen LogP contribution in [0.2, 0.25) is 0 Å². The van der Waals surface area contributed by atoms with Crippen LogP contribution in [0.4, 0.5) is 5.82 Å². The smallest absolute Gasteiger partial charge is 0.150 e. The molecular weight excluding hydrogens is 222 g/mol. The zero-order valence-corrected chi connectivity index (χ0v) is 10.5. The van der Waals surface area contributed by atoms with Crippen molar-refractivity contribution in [2.45, 2.75) is 13.8 Å². The van der Waals surface area contributed by atoms with Crippen molar-refractivity contribution < 1.29 is 0 Å². The number of benzene rings is 1. The number of hydrogen-bond donors (Lipinski definition) is 1. The molecule has 2 aromatic heterocycles. The highest BCUT2D eigenvalue weighted by atomic mass is 15.1. The van der Waals surface area contributed by atoms with Crippen LogP contribution in [0.3, 0.4) is 0 Å². The second-order valence-corrected chi connectivity index (χ2v) is 4.58. The van der Waals surface area contributed by atoms with E-state index in [1.807, 2.05) is 18.2 Å². The van der Waals surface area contributed by atoms with E-state index in [0.717, 1.165) is 22.6 Å². The van der Waals surface area contributed by atoms with E-state index < -0.39 is 0 Å². The fourth-order valence-corrected chi connectivity index (χ4v) is 2.34. The number of pyridine rings is 1. The number of fused-ring (bicyclic) bond motifs is 1. The van der Waals surface area contributed by atoms with E-state index in [2.05, 4.69) is 47.5 Å². The van der Waals surface area contributed by atoms with Gasteiger partial charge in [0.25, 0.3) is 0 Å². The van der Waals surface area contributed by atoms with E-state index in [1.165, 1.54) is 5.56 Å². The molecular formula is C15H15N3. The molecule has 2 N–H and O–H groups in total. The summed E-state index contributed by atoms with van der Waals surface area (Å²) in [6.45, 7) is 4.14. The SMILES string of the molecule is Cc1cccc(-c2c(N)nc3cccc(C)n23)c1. The summed E-state index contributed by atoms with van der Waals surface area (Å²) >= 11 is 0. The molecule has 3 aromatic rings. The lowest BCUT2D eigenvalue weighted by molar-refractivity contribution is 1.10. The Morgan fingerprint density at radius 1 is 1.06 bits per heavy atom. The maximum absolute atomic E-state index is 6.07. The molecule has 0 fully saturated rings. The van der Waals surface area contributed by atoms with Crippen LogP contribution >= 0.6 is 0 Å². The molecule has 0 aliphatic carbocycles. The second-order valence-electron chi connectivity index (χ2n) is 4.58. The molecule has 3 rings (SSSR count). The van der Waals surface area contributed by atoms with Gasteiger partial charge in [0.2, 0.25) is 0 Å². The molecule has 0 saturated carbocycles. The molecule has 0 atom stereocenters. The van der Waals surface area contributed by atoms with Crippen molar-refractivity contribution in [3.63, 3.8) is 0 Å². The summed E-state index contributed by atoms with van der Waals surface area (Å²) in [6, 6.07) is 14.4. The molecule has 0 bridgehead atoms. The van der Waals surface area contributed by atoms with Crippen molar-refractivity contribution in [3.8, 4) is 11.3 Å². The number of aromatic nitrogens is 2. The van der Waals surface area contributed by atoms with Gasteiger partial charge in [-0.05, 0) is 32.0 Å². The van der Waals surface area contributed by atoms with Crippen LogP contribution in [0.15, 0.2) is 42.5 Å². The van der Waals surface area contributed by atoms with E-state index in [9.17, 15) is 0 Å². The van der Waals surface area contributed by atoms with Crippen molar-refractivity contribution in [3.05, 3.63) is 53.7 Å². The Bertz CT molecular complexity index is 726. The molecule has 90 valence electrons. The van der Waals surface area contributed by atoms with Crippen LogP contribution in [0, 0.1) is 13.8 Å². The van der Waals surface area contributed by atoms with Gasteiger partial charge in [-0.3, -0.25) is 4.40 Å². The standard InChI is InChI=1S/C15H15N3/c1-10-5-3-7-12(9-10)14-15(16)17-13-8-4-6-11(2)18(13)14/h3-9H,16H2,1-2H3. The first-order valence-electron chi connectivity index (χ1n) is 5.97. The van der Waals surface area contributed by atoms with Gasteiger partial charge < -0.3 is 5.73 Å². The van der Waals surface area contributed by atoms with Gasteiger partial charge in [0, 0.05) is 11.3 Å². The summed E-state index contributed by atoms with van der Waals surface area (Å²) in [5, 5.41) is 0. The van der Waals surface area contributed by atoms with E-state index in [0.29, 0.717) is 5.82 Å². The quantitative estimate of drug-likeness (QED) is 0.706. The number of nitrogen functional groups attached to an aromatic ring is 1. The first kappa shape index (κ1) is 10.8. The molecule has 0 amide bonds. The Labute approximate surface area is 106 Å². The van der Waals surface area contributed by atoms with Gasteiger partial charge in [-0.15, -0.1) is 0 Å². The van der Waals surface area contributed by atoms with Crippen molar-refractivity contribution in [1.82, 2.24) is 9.38 Å². The van der Waals surface area contributed by atoms with Gasteiger partial charge in [-0.1, -0.05) is 29.8 Å². The van der Waals surface area contributed by atoms with E-state index in [4.69, 9.17) is 5.73 Å². The Morgan fingerprint density at radius 2 is 1.83 bits per heavy atom. The Morgan fingerprint density at radius 3 is 2.61 bits per heavy atom. The second kappa shape index (κ2) is 3.88. The maximum atomic E-state index is 6.07. The predicted octanol–water partition coefficient (Wildman–Crippen LogP) is 3.20. The molecule has 0 spiro atoms. The number of nitrogens with zero attached hydrogens (tertiary/aromatic N) is 2. The van der Waals surface area contributed by atoms with Crippen molar-refractivity contribution >= 4 is 11.5 Å². The zero-order chi connectivity index (χ0) is 12.7. The Balaban J connectivity index is 2.38. The molecule has 0 aliphatic rings. The summed E-state index contributed by atoms with van der Waals surface area (Å²) in [5.41, 5.74) is 11.4. The lowest BCUT2D eigenvalue weighted by atomic mass is 10.1. The zero-order valence-electron chi connectivity index (χ0n) is 10.5. The number of anilines is 1. The molecule has 0 radical (unpaired) electrons. The Hall–Kier alpha value is -2.29. The van der Waals surface area contributed by atoms with Crippen LogP contribution in [0.25, 0.3) is 16.9 Å². The van der Waals surface area contributed by atoms with Gasteiger partial charge in [0.15, 0.2) is 5.82 Å². The van der Waals surface area contributed by atoms with Gasteiger partial charge in [-0.2, -0.15) is 0 Å². The average Bonchev–Trinajstić information content (AvgIpc) is 2.67. The third-order valence-electron chi connectivity index (χ3n) is 3.16. The van der Waals surface area contributed by atoms with E-state index >= 15 is 0 Å². The summed E-state index contributed by atoms with van der Waals surface area (Å²) < 4.78 is 2.10. The number of aryl methyl sites for hydroxylation is 2. The fourth-order valence-electron chi connectivity index (χ4n) is 2.34. The van der Waals surface area contributed by atoms with E-state index in [-0.39, 0.29) is 0 Å². The predicted molar refractivity (Wildman–Crippen MR) is 74.5 cm³/mol. The van der Waals surface area contributed by atoms with Crippen LogP contribution in [0.1, 0.15) is 11.3 Å². The first-order chi connectivity index (χ1) is 8.66. The maximum Gasteiger partial charge on any atom is 0.150 e. The van der Waals surface area contributed by atoms with Gasteiger partial charge >= 0.3 is 0 Å². The van der Waals surface area contributed by atoms with Crippen LogP contribution < -0.4 is 5.73 Å². The summed E-state index contributed by atoms with van der Waals surface area (Å²) in [4.78, 5) is 4.42.